The van der Waals surface area contributed by atoms with Crippen LogP contribution in [0.15, 0.2) is 9.98 Å². The smallest absolute Gasteiger partial charge is 0.104 e. The number of halogens is 1. The summed E-state index contributed by atoms with van der Waals surface area (Å²) in [4.78, 5) is 9.34. The average molecular weight is 188 g/mol. The van der Waals surface area contributed by atoms with Crippen LogP contribution in [0.3, 0.4) is 0 Å². The molecule has 0 aliphatic heterocycles. The van der Waals surface area contributed by atoms with E-state index in [2.05, 4.69) is 26.9 Å². The molecule has 0 aromatic heterocycles. The van der Waals surface area contributed by atoms with Crippen molar-refractivity contribution in [2.45, 2.75) is 6.42 Å². The molecule has 12 heavy (non-hydrogen) atoms. The van der Waals surface area contributed by atoms with E-state index in [4.69, 9.17) is 6.42 Å². The van der Waals surface area contributed by atoms with Crippen LogP contribution in [-0.4, -0.2) is 38.1 Å². The van der Waals surface area contributed by atoms with Crippen LogP contribution in [0.4, 0.5) is 0 Å². The standard InChI is InChI=1S/C8H13N3.ClH/c1-4-9-8-10-6-5-7-11(2)3;/h1H,5-7H2,2-3H3;1H. The predicted octanol–water partition coefficient (Wildman–Crippen LogP) is 1.12. The Morgan fingerprint density at radius 1 is 1.42 bits per heavy atom. The third-order valence-electron chi connectivity index (χ3n) is 1.06. The van der Waals surface area contributed by atoms with Crippen LogP contribution < -0.4 is 0 Å². The highest BCUT2D eigenvalue weighted by atomic mass is 35.5. The summed E-state index contributed by atoms with van der Waals surface area (Å²) in [6.07, 6.45) is 5.86. The average Bonchev–Trinajstić information content (AvgIpc) is 1.96. The van der Waals surface area contributed by atoms with E-state index in [9.17, 15) is 0 Å². The SMILES string of the molecule is C#CN=C=NCCCN(C)C.Cl. The molecular formula is C8H14ClN3. The Balaban J connectivity index is 0. The highest BCUT2D eigenvalue weighted by Crippen LogP contribution is 1.82. The van der Waals surface area contributed by atoms with Gasteiger partial charge in [0, 0.05) is 6.04 Å². The van der Waals surface area contributed by atoms with Crippen LogP contribution in [0.2, 0.25) is 0 Å². The van der Waals surface area contributed by atoms with Crippen LogP contribution in [0.1, 0.15) is 6.42 Å². The van der Waals surface area contributed by atoms with Gasteiger partial charge in [-0.3, -0.25) is 0 Å². The van der Waals surface area contributed by atoms with E-state index < -0.39 is 0 Å². The molecule has 0 heterocycles. The second-order valence-corrected chi connectivity index (χ2v) is 2.38. The van der Waals surface area contributed by atoms with Crippen molar-refractivity contribution in [2.24, 2.45) is 9.98 Å². The molecular weight excluding hydrogens is 174 g/mol. The van der Waals surface area contributed by atoms with Crippen molar-refractivity contribution >= 4 is 18.4 Å². The minimum absolute atomic E-state index is 0. The van der Waals surface area contributed by atoms with Gasteiger partial charge in [0.05, 0.1) is 6.54 Å². The molecule has 0 amide bonds. The predicted molar refractivity (Wildman–Crippen MR) is 54.0 cm³/mol. The van der Waals surface area contributed by atoms with E-state index in [1.165, 1.54) is 0 Å². The van der Waals surface area contributed by atoms with Crippen molar-refractivity contribution in [3.63, 3.8) is 0 Å². The van der Waals surface area contributed by atoms with E-state index in [0.717, 1.165) is 19.5 Å². The lowest BCUT2D eigenvalue weighted by Gasteiger charge is -2.05. The van der Waals surface area contributed by atoms with Crippen LogP contribution in [0.25, 0.3) is 0 Å². The number of hydrogen-bond acceptors (Lipinski definition) is 3. The van der Waals surface area contributed by atoms with Crippen LogP contribution >= 0.6 is 12.4 Å². The first-order valence-corrected chi connectivity index (χ1v) is 3.49. The molecule has 0 bridgehead atoms. The van der Waals surface area contributed by atoms with Gasteiger partial charge in [0.1, 0.15) is 6.01 Å². The van der Waals surface area contributed by atoms with Gasteiger partial charge >= 0.3 is 0 Å². The van der Waals surface area contributed by atoms with Crippen molar-refractivity contribution in [1.29, 1.82) is 0 Å². The first-order chi connectivity index (χ1) is 5.27. The molecule has 0 fully saturated rings. The summed E-state index contributed by atoms with van der Waals surface area (Å²) in [7, 11) is 4.05. The van der Waals surface area contributed by atoms with E-state index in [1.807, 2.05) is 14.1 Å². The quantitative estimate of drug-likeness (QED) is 0.368. The number of aliphatic imine (C=N–C) groups is 2. The molecule has 0 aromatic carbocycles. The third kappa shape index (κ3) is 11.9. The molecule has 0 radical (unpaired) electrons. The third-order valence-corrected chi connectivity index (χ3v) is 1.06. The van der Waals surface area contributed by atoms with Gasteiger partial charge in [-0.05, 0) is 27.1 Å². The molecule has 0 N–H and O–H groups in total. The van der Waals surface area contributed by atoms with Crippen molar-refractivity contribution < 1.29 is 0 Å². The van der Waals surface area contributed by atoms with Crippen LogP contribution in [0, 0.1) is 12.5 Å². The van der Waals surface area contributed by atoms with Crippen molar-refractivity contribution in [3.05, 3.63) is 0 Å². The monoisotopic (exact) mass is 187 g/mol. The fraction of sp³-hybridized carbons (Fsp3) is 0.625. The maximum absolute atomic E-state index is 4.84. The van der Waals surface area contributed by atoms with E-state index >= 15 is 0 Å². The fourth-order valence-corrected chi connectivity index (χ4v) is 0.580. The molecule has 3 nitrogen and oxygen atoms in total. The zero-order valence-electron chi connectivity index (χ0n) is 7.45. The molecule has 68 valence electrons. The van der Waals surface area contributed by atoms with Gasteiger partial charge in [0.15, 0.2) is 0 Å². The Hall–Kier alpha value is -0.810. The maximum Gasteiger partial charge on any atom is 0.104 e. The molecule has 0 rings (SSSR count). The Labute approximate surface area is 80.0 Å². The van der Waals surface area contributed by atoms with Gasteiger partial charge in [0.25, 0.3) is 0 Å². The minimum Gasteiger partial charge on any atom is -0.309 e. The number of hydrogen-bond donors (Lipinski definition) is 0. The Bertz CT molecular complexity index is 187. The van der Waals surface area contributed by atoms with E-state index in [0.29, 0.717) is 0 Å². The zero-order chi connectivity index (χ0) is 8.53. The lowest BCUT2D eigenvalue weighted by atomic mass is 10.4. The number of terminal acetylenes is 1. The largest absolute Gasteiger partial charge is 0.309 e. The molecule has 4 heteroatoms. The molecule has 0 aliphatic rings. The van der Waals surface area contributed by atoms with Crippen molar-refractivity contribution in [1.82, 2.24) is 4.90 Å². The van der Waals surface area contributed by atoms with Crippen LogP contribution in [0.5, 0.6) is 0 Å². The van der Waals surface area contributed by atoms with Gasteiger partial charge in [-0.25, -0.2) is 4.99 Å². The lowest BCUT2D eigenvalue weighted by molar-refractivity contribution is 0.403. The molecule has 0 unspecified atom stereocenters. The minimum atomic E-state index is 0. The fourth-order valence-electron chi connectivity index (χ4n) is 0.580. The maximum atomic E-state index is 4.84. The lowest BCUT2D eigenvalue weighted by Crippen LogP contribution is -2.13. The summed E-state index contributed by atoms with van der Waals surface area (Å²) in [6, 6.07) is 4.48. The summed E-state index contributed by atoms with van der Waals surface area (Å²) >= 11 is 0. The second-order valence-electron chi connectivity index (χ2n) is 2.38. The summed E-state index contributed by atoms with van der Waals surface area (Å²) in [6.45, 7) is 1.77. The topological polar surface area (TPSA) is 28.0 Å². The van der Waals surface area contributed by atoms with Crippen molar-refractivity contribution in [2.75, 3.05) is 27.2 Å². The van der Waals surface area contributed by atoms with Gasteiger partial charge in [-0.15, -0.1) is 17.4 Å². The molecule has 0 aliphatic carbocycles. The number of rotatable bonds is 4. The summed E-state index contributed by atoms with van der Waals surface area (Å²) in [5.41, 5.74) is 0. The Morgan fingerprint density at radius 2 is 2.08 bits per heavy atom. The zero-order valence-corrected chi connectivity index (χ0v) is 8.27. The van der Waals surface area contributed by atoms with Crippen molar-refractivity contribution in [3.8, 4) is 12.5 Å². The molecule has 0 atom stereocenters. The molecule has 0 aromatic rings. The second kappa shape index (κ2) is 10.2. The van der Waals surface area contributed by atoms with Gasteiger partial charge < -0.3 is 4.90 Å². The van der Waals surface area contributed by atoms with Crippen LogP contribution in [-0.2, 0) is 0 Å². The van der Waals surface area contributed by atoms with Gasteiger partial charge in [-0.1, -0.05) is 6.42 Å². The Kier molecular flexibility index (Phi) is 11.7. The molecule has 0 saturated carbocycles. The first kappa shape index (κ1) is 13.8. The Morgan fingerprint density at radius 3 is 2.58 bits per heavy atom. The van der Waals surface area contributed by atoms with Gasteiger partial charge in [0.2, 0.25) is 0 Å². The molecule has 0 saturated heterocycles. The van der Waals surface area contributed by atoms with Gasteiger partial charge in [-0.2, -0.15) is 0 Å². The highest BCUT2D eigenvalue weighted by molar-refractivity contribution is 5.85. The summed E-state index contributed by atoms with van der Waals surface area (Å²) in [5.74, 6) is 0. The van der Waals surface area contributed by atoms with E-state index in [1.54, 1.807) is 0 Å². The highest BCUT2D eigenvalue weighted by Gasteiger charge is 1.86. The summed E-state index contributed by atoms with van der Waals surface area (Å²) in [5, 5.41) is 0. The van der Waals surface area contributed by atoms with E-state index in [-0.39, 0.29) is 12.4 Å². The first-order valence-electron chi connectivity index (χ1n) is 3.49. The molecule has 0 spiro atoms. The normalized spacial score (nSPS) is 7.83. The number of nitrogens with zero attached hydrogens (tertiary/aromatic N) is 3. The summed E-state index contributed by atoms with van der Waals surface area (Å²) < 4.78 is 0.